The first-order valence-electron chi connectivity index (χ1n) is 9.83. The van der Waals surface area contributed by atoms with E-state index >= 15 is 0 Å². The minimum atomic E-state index is 0.0316. The van der Waals surface area contributed by atoms with Gasteiger partial charge in [-0.05, 0) is 36.4 Å². The number of fused-ring (bicyclic) bond motifs is 2. The zero-order chi connectivity index (χ0) is 21.4. The molecule has 0 radical (unpaired) electrons. The highest BCUT2D eigenvalue weighted by Crippen LogP contribution is 2.36. The molecule has 31 heavy (non-hydrogen) atoms. The normalized spacial score (nSPS) is 11.3. The SMILES string of the molecule is Cn1ccc2cccc(Oc3ccc(Nc4ncnc5ccn(CCO)c45)cc3Cl)c21. The average molecular weight is 434 g/mol. The third kappa shape index (κ3) is 3.58. The Labute approximate surface area is 183 Å². The number of hydrogen-bond acceptors (Lipinski definition) is 5. The van der Waals surface area contributed by atoms with Gasteiger partial charge in [-0.25, -0.2) is 9.97 Å². The second-order valence-electron chi connectivity index (χ2n) is 7.18. The van der Waals surface area contributed by atoms with Gasteiger partial charge in [-0.2, -0.15) is 0 Å². The van der Waals surface area contributed by atoms with Crippen LogP contribution in [-0.2, 0) is 13.6 Å². The molecule has 0 bridgehead atoms. The molecule has 0 aliphatic carbocycles. The molecule has 7 nitrogen and oxygen atoms in total. The summed E-state index contributed by atoms with van der Waals surface area (Å²) in [6.45, 7) is 0.494. The third-order valence-corrected chi connectivity index (χ3v) is 5.46. The van der Waals surface area contributed by atoms with Crippen LogP contribution in [0, 0.1) is 0 Å². The summed E-state index contributed by atoms with van der Waals surface area (Å²) in [7, 11) is 1.99. The van der Waals surface area contributed by atoms with Crippen LogP contribution in [0.3, 0.4) is 0 Å². The first-order chi connectivity index (χ1) is 15.1. The maximum Gasteiger partial charge on any atom is 0.158 e. The number of halogens is 1. The van der Waals surface area contributed by atoms with Crippen LogP contribution in [0.4, 0.5) is 11.5 Å². The van der Waals surface area contributed by atoms with Gasteiger partial charge in [0.1, 0.15) is 17.6 Å². The predicted molar refractivity (Wildman–Crippen MR) is 122 cm³/mol. The summed E-state index contributed by atoms with van der Waals surface area (Å²) in [5.74, 6) is 1.95. The van der Waals surface area contributed by atoms with Gasteiger partial charge in [0.05, 0.1) is 22.7 Å². The fourth-order valence-corrected chi connectivity index (χ4v) is 3.95. The summed E-state index contributed by atoms with van der Waals surface area (Å²) >= 11 is 6.55. The van der Waals surface area contributed by atoms with Gasteiger partial charge in [0.2, 0.25) is 0 Å². The summed E-state index contributed by atoms with van der Waals surface area (Å²) in [6, 6.07) is 15.4. The Morgan fingerprint density at radius 1 is 1.03 bits per heavy atom. The number of ether oxygens (including phenoxy) is 1. The van der Waals surface area contributed by atoms with Crippen LogP contribution in [0.2, 0.25) is 5.02 Å². The molecular weight excluding hydrogens is 414 g/mol. The fraction of sp³-hybridized carbons (Fsp3) is 0.130. The van der Waals surface area contributed by atoms with Crippen molar-refractivity contribution in [2.45, 2.75) is 6.54 Å². The van der Waals surface area contributed by atoms with Gasteiger partial charge in [-0.15, -0.1) is 0 Å². The van der Waals surface area contributed by atoms with E-state index in [1.807, 2.05) is 71.0 Å². The Morgan fingerprint density at radius 2 is 1.94 bits per heavy atom. The van der Waals surface area contributed by atoms with Crippen LogP contribution >= 0.6 is 11.6 Å². The van der Waals surface area contributed by atoms with E-state index < -0.39 is 0 Å². The minimum absolute atomic E-state index is 0.0316. The topological polar surface area (TPSA) is 77.1 Å². The number of benzene rings is 2. The Hall–Kier alpha value is -3.55. The Bertz CT molecular complexity index is 1390. The summed E-state index contributed by atoms with van der Waals surface area (Å²) in [5, 5.41) is 14.2. The Kier molecular flexibility index (Phi) is 4.97. The van der Waals surface area contributed by atoms with Gasteiger partial charge >= 0.3 is 0 Å². The van der Waals surface area contributed by atoms with E-state index in [4.69, 9.17) is 16.3 Å². The summed E-state index contributed by atoms with van der Waals surface area (Å²) in [5.41, 5.74) is 3.40. The van der Waals surface area contributed by atoms with Gasteiger partial charge in [0.15, 0.2) is 11.6 Å². The second kappa shape index (κ2) is 7.94. The lowest BCUT2D eigenvalue weighted by atomic mass is 10.2. The van der Waals surface area contributed by atoms with Crippen molar-refractivity contribution in [2.24, 2.45) is 7.05 Å². The highest BCUT2D eigenvalue weighted by atomic mass is 35.5. The molecule has 0 aliphatic rings. The van der Waals surface area contributed by atoms with Crippen LogP contribution in [0.5, 0.6) is 11.5 Å². The van der Waals surface area contributed by atoms with Crippen molar-refractivity contribution in [3.8, 4) is 11.5 Å². The van der Waals surface area contributed by atoms with E-state index in [-0.39, 0.29) is 6.61 Å². The molecule has 0 spiro atoms. The van der Waals surface area contributed by atoms with Gasteiger partial charge in [0, 0.05) is 37.1 Å². The van der Waals surface area contributed by atoms with E-state index in [0.717, 1.165) is 33.4 Å². The maximum absolute atomic E-state index is 9.32. The second-order valence-corrected chi connectivity index (χ2v) is 7.59. The third-order valence-electron chi connectivity index (χ3n) is 5.17. The summed E-state index contributed by atoms with van der Waals surface area (Å²) < 4.78 is 10.1. The van der Waals surface area contributed by atoms with E-state index in [1.54, 1.807) is 6.07 Å². The molecule has 0 saturated heterocycles. The molecule has 2 aromatic carbocycles. The van der Waals surface area contributed by atoms with Crippen LogP contribution in [0.1, 0.15) is 0 Å². The number of para-hydroxylation sites is 1. The van der Waals surface area contributed by atoms with Crippen LogP contribution in [-0.4, -0.2) is 30.8 Å². The molecule has 0 unspecified atom stereocenters. The number of aromatic nitrogens is 4. The molecule has 0 fully saturated rings. The number of aryl methyl sites for hydroxylation is 1. The van der Waals surface area contributed by atoms with Crippen molar-refractivity contribution in [3.63, 3.8) is 0 Å². The fourth-order valence-electron chi connectivity index (χ4n) is 3.73. The number of hydrogen-bond donors (Lipinski definition) is 2. The molecule has 0 aliphatic heterocycles. The van der Waals surface area contributed by atoms with Crippen LogP contribution in [0.15, 0.2) is 67.3 Å². The van der Waals surface area contributed by atoms with Crippen molar-refractivity contribution in [1.82, 2.24) is 19.1 Å². The molecule has 8 heteroatoms. The van der Waals surface area contributed by atoms with E-state index in [9.17, 15) is 5.11 Å². The van der Waals surface area contributed by atoms with Crippen molar-refractivity contribution in [2.75, 3.05) is 11.9 Å². The molecule has 0 atom stereocenters. The van der Waals surface area contributed by atoms with E-state index in [0.29, 0.717) is 23.1 Å². The van der Waals surface area contributed by atoms with Crippen molar-refractivity contribution >= 4 is 45.0 Å². The molecule has 0 amide bonds. The number of rotatable bonds is 6. The predicted octanol–water partition coefficient (Wildman–Crippen LogP) is 5.10. The quantitative estimate of drug-likeness (QED) is 0.389. The molecule has 0 saturated carbocycles. The standard InChI is InChI=1S/C23H20ClN5O2/c1-28-9-7-15-3-2-4-20(21(15)28)31-19-6-5-16(13-17(19)24)27-23-22-18(25-14-26-23)8-10-29(22)11-12-30/h2-10,13-14,30H,11-12H2,1H3,(H,25,26,27). The molecule has 2 N–H and O–H groups in total. The zero-order valence-electron chi connectivity index (χ0n) is 16.8. The lowest BCUT2D eigenvalue weighted by Crippen LogP contribution is -2.04. The number of aliphatic hydroxyl groups is 1. The van der Waals surface area contributed by atoms with Crippen LogP contribution in [0.25, 0.3) is 21.9 Å². The van der Waals surface area contributed by atoms with Gasteiger partial charge < -0.3 is 24.3 Å². The van der Waals surface area contributed by atoms with Gasteiger partial charge in [0.25, 0.3) is 0 Å². The maximum atomic E-state index is 9.32. The molecule has 5 aromatic rings. The highest BCUT2D eigenvalue weighted by molar-refractivity contribution is 6.32. The number of anilines is 2. The van der Waals surface area contributed by atoms with Crippen molar-refractivity contribution in [3.05, 3.63) is 72.3 Å². The van der Waals surface area contributed by atoms with Gasteiger partial charge in [-0.3, -0.25) is 0 Å². The Balaban J connectivity index is 1.45. The van der Waals surface area contributed by atoms with E-state index in [1.165, 1.54) is 6.33 Å². The highest BCUT2D eigenvalue weighted by Gasteiger charge is 2.12. The Morgan fingerprint density at radius 3 is 2.77 bits per heavy atom. The monoisotopic (exact) mass is 433 g/mol. The number of aliphatic hydroxyl groups excluding tert-OH is 1. The number of nitrogens with one attached hydrogen (secondary N) is 1. The van der Waals surface area contributed by atoms with E-state index in [2.05, 4.69) is 15.3 Å². The lowest BCUT2D eigenvalue weighted by Gasteiger charge is -2.13. The molecule has 156 valence electrons. The van der Waals surface area contributed by atoms with Crippen molar-refractivity contribution < 1.29 is 9.84 Å². The number of nitrogens with zero attached hydrogens (tertiary/aromatic N) is 4. The van der Waals surface area contributed by atoms with Gasteiger partial charge in [-0.1, -0.05) is 23.7 Å². The van der Waals surface area contributed by atoms with Crippen LogP contribution < -0.4 is 10.1 Å². The summed E-state index contributed by atoms with van der Waals surface area (Å²) in [6.07, 6.45) is 5.39. The first-order valence-corrected chi connectivity index (χ1v) is 10.2. The zero-order valence-corrected chi connectivity index (χ0v) is 17.5. The molecular formula is C23H20ClN5O2. The summed E-state index contributed by atoms with van der Waals surface area (Å²) in [4.78, 5) is 8.66. The first kappa shape index (κ1) is 19.4. The minimum Gasteiger partial charge on any atom is -0.454 e. The molecule has 3 aromatic heterocycles. The van der Waals surface area contributed by atoms with Crippen molar-refractivity contribution in [1.29, 1.82) is 0 Å². The smallest absolute Gasteiger partial charge is 0.158 e. The molecule has 5 rings (SSSR count). The average Bonchev–Trinajstić information content (AvgIpc) is 3.35. The largest absolute Gasteiger partial charge is 0.454 e. The lowest BCUT2D eigenvalue weighted by molar-refractivity contribution is 0.278. The molecule has 3 heterocycles.